The zero-order valence-electron chi connectivity index (χ0n) is 12.7. The van der Waals surface area contributed by atoms with Crippen LogP contribution in [0.3, 0.4) is 0 Å². The lowest BCUT2D eigenvalue weighted by Gasteiger charge is -2.45. The molecule has 5 aliphatic carbocycles. The Hall–Kier alpha value is -1.06. The van der Waals surface area contributed by atoms with Gasteiger partial charge in [0.25, 0.3) is 0 Å². The molecular weight excluding hydrogens is 274 g/mol. The van der Waals surface area contributed by atoms with Gasteiger partial charge in [-0.3, -0.25) is 4.90 Å². The summed E-state index contributed by atoms with van der Waals surface area (Å²) >= 11 is 0. The third kappa shape index (κ3) is 0.825. The lowest BCUT2D eigenvalue weighted by atomic mass is 9.59. The van der Waals surface area contributed by atoms with Crippen LogP contribution in [0.4, 0.5) is 0 Å². The molecule has 1 aromatic carbocycles. The summed E-state index contributed by atoms with van der Waals surface area (Å²) in [5.41, 5.74) is 0.762. The quantitative estimate of drug-likeness (QED) is 0.925. The van der Waals surface area contributed by atoms with Crippen molar-refractivity contribution in [3.8, 4) is 5.75 Å². The maximum absolute atomic E-state index is 11.7. The first-order valence-electron chi connectivity index (χ1n) is 8.88. The molecule has 3 heteroatoms. The molecule has 1 aromatic rings. The van der Waals surface area contributed by atoms with Crippen LogP contribution in [-0.2, 0) is 6.54 Å². The fraction of sp³-hybridized carbons (Fsp3) is 0.684. The normalized spacial score (nSPS) is 60.7. The second kappa shape index (κ2) is 3.11. The van der Waals surface area contributed by atoms with Crippen LogP contribution >= 0.6 is 0 Å². The summed E-state index contributed by atoms with van der Waals surface area (Å²) in [6.07, 6.45) is 1.44. The lowest BCUT2D eigenvalue weighted by molar-refractivity contribution is -0.134. The fourth-order valence-electron chi connectivity index (χ4n) is 8.79. The maximum atomic E-state index is 11.7. The topological polar surface area (TPSA) is 32.7 Å². The van der Waals surface area contributed by atoms with E-state index in [1.165, 1.54) is 12.0 Å². The number of aliphatic hydroxyl groups is 1. The van der Waals surface area contributed by atoms with E-state index in [-0.39, 0.29) is 0 Å². The Morgan fingerprint density at radius 3 is 2.86 bits per heavy atom. The minimum absolute atomic E-state index is 0.474. The number of para-hydroxylation sites is 1. The molecule has 2 saturated heterocycles. The second-order valence-electron chi connectivity index (χ2n) is 8.64. The van der Waals surface area contributed by atoms with Crippen molar-refractivity contribution in [3.05, 3.63) is 29.8 Å². The molecule has 3 nitrogen and oxygen atoms in total. The van der Waals surface area contributed by atoms with E-state index in [9.17, 15) is 5.11 Å². The minimum atomic E-state index is -0.474. The molecule has 5 saturated carbocycles. The monoisotopic (exact) mass is 295 g/mol. The van der Waals surface area contributed by atoms with Crippen LogP contribution in [0, 0.1) is 47.3 Å². The summed E-state index contributed by atoms with van der Waals surface area (Å²) in [6, 6.07) is 9.00. The number of hydrogen-bond acceptors (Lipinski definition) is 3. The van der Waals surface area contributed by atoms with Gasteiger partial charge >= 0.3 is 0 Å². The Bertz CT molecular complexity index is 719. The zero-order valence-corrected chi connectivity index (χ0v) is 12.7. The highest BCUT2D eigenvalue weighted by atomic mass is 16.5. The largest absolute Gasteiger partial charge is 0.496 e. The van der Waals surface area contributed by atoms with Crippen LogP contribution in [0.2, 0.25) is 0 Å². The highest BCUT2D eigenvalue weighted by molar-refractivity contribution is 5.42. The highest BCUT2D eigenvalue weighted by Crippen LogP contribution is 2.90. The molecule has 10 atom stereocenters. The number of rotatable bonds is 3. The molecular formula is C19H21NO2. The SMILES string of the molecule is COc1ccccc1CN1[C@@H]2[C@H]3[C@H]4[C@@H]5C[C@@H]6[C@H]4[C@H]3[C@]1(O)[C@@H]6[C@@H]52. The molecule has 22 heavy (non-hydrogen) atoms. The third-order valence-electron chi connectivity index (χ3n) is 8.74. The van der Waals surface area contributed by atoms with E-state index >= 15 is 0 Å². The van der Waals surface area contributed by atoms with Crippen LogP contribution in [0.5, 0.6) is 5.75 Å². The summed E-state index contributed by atoms with van der Waals surface area (Å²) in [4.78, 5) is 2.52. The van der Waals surface area contributed by atoms with Gasteiger partial charge in [0.15, 0.2) is 0 Å². The molecule has 4 bridgehead atoms. The van der Waals surface area contributed by atoms with E-state index in [2.05, 4.69) is 17.0 Å². The molecule has 0 unspecified atom stereocenters. The number of nitrogens with zero attached hydrogens (tertiary/aromatic N) is 1. The molecule has 8 rings (SSSR count). The molecule has 0 amide bonds. The minimum Gasteiger partial charge on any atom is -0.496 e. The van der Waals surface area contributed by atoms with Gasteiger partial charge in [0, 0.05) is 30.0 Å². The van der Waals surface area contributed by atoms with Gasteiger partial charge in [-0.15, -0.1) is 0 Å². The van der Waals surface area contributed by atoms with E-state index in [4.69, 9.17) is 4.74 Å². The average Bonchev–Trinajstić information content (AvgIpc) is 3.14. The summed E-state index contributed by atoms with van der Waals surface area (Å²) < 4.78 is 5.54. The smallest absolute Gasteiger partial charge is 0.125 e. The second-order valence-corrected chi connectivity index (χ2v) is 8.64. The summed E-state index contributed by atoms with van der Waals surface area (Å²) in [7, 11) is 1.75. The zero-order chi connectivity index (χ0) is 14.4. The predicted molar refractivity (Wildman–Crippen MR) is 79.8 cm³/mol. The first-order chi connectivity index (χ1) is 10.8. The highest BCUT2D eigenvalue weighted by Gasteiger charge is 2.93. The predicted octanol–water partition coefficient (Wildman–Crippen LogP) is 1.96. The summed E-state index contributed by atoms with van der Waals surface area (Å²) in [5.74, 6) is 7.50. The molecule has 7 fully saturated rings. The maximum Gasteiger partial charge on any atom is 0.125 e. The van der Waals surface area contributed by atoms with Gasteiger partial charge in [-0.25, -0.2) is 0 Å². The van der Waals surface area contributed by atoms with E-state index in [0.29, 0.717) is 17.9 Å². The van der Waals surface area contributed by atoms with E-state index < -0.39 is 5.72 Å². The van der Waals surface area contributed by atoms with E-state index in [1.54, 1.807) is 7.11 Å². The summed E-state index contributed by atoms with van der Waals surface area (Å²) in [5, 5.41) is 11.7. The Labute approximate surface area is 130 Å². The van der Waals surface area contributed by atoms with Gasteiger partial charge in [-0.05, 0) is 48.0 Å². The van der Waals surface area contributed by atoms with Gasteiger partial charge in [-0.2, -0.15) is 0 Å². The molecule has 2 aliphatic heterocycles. The Morgan fingerprint density at radius 1 is 1.14 bits per heavy atom. The van der Waals surface area contributed by atoms with Crippen LogP contribution in [-0.4, -0.2) is 28.9 Å². The number of methoxy groups -OCH3 is 1. The molecule has 2 heterocycles. The number of ether oxygens (including phenoxy) is 1. The average molecular weight is 295 g/mol. The Morgan fingerprint density at radius 2 is 2.00 bits per heavy atom. The van der Waals surface area contributed by atoms with Crippen LogP contribution in [0.25, 0.3) is 0 Å². The van der Waals surface area contributed by atoms with Crippen molar-refractivity contribution < 1.29 is 9.84 Å². The Kier molecular flexibility index (Phi) is 1.62. The Balaban J connectivity index is 1.35. The van der Waals surface area contributed by atoms with E-state index in [0.717, 1.165) is 47.8 Å². The van der Waals surface area contributed by atoms with Crippen molar-refractivity contribution in [2.45, 2.75) is 24.7 Å². The van der Waals surface area contributed by atoms with Crippen molar-refractivity contribution in [3.63, 3.8) is 0 Å². The van der Waals surface area contributed by atoms with Gasteiger partial charge in [-0.1, -0.05) is 18.2 Å². The third-order valence-corrected chi connectivity index (χ3v) is 8.74. The molecule has 0 radical (unpaired) electrons. The summed E-state index contributed by atoms with van der Waals surface area (Å²) in [6.45, 7) is 0.865. The van der Waals surface area contributed by atoms with E-state index in [1.807, 2.05) is 12.1 Å². The molecule has 1 N–H and O–H groups in total. The number of hydrogen-bond donors (Lipinski definition) is 1. The first kappa shape index (κ1) is 11.5. The molecule has 114 valence electrons. The van der Waals surface area contributed by atoms with Crippen LogP contribution < -0.4 is 4.74 Å². The van der Waals surface area contributed by atoms with Gasteiger partial charge in [0.1, 0.15) is 11.5 Å². The first-order valence-corrected chi connectivity index (χ1v) is 8.88. The lowest BCUT2D eigenvalue weighted by Crippen LogP contribution is -2.50. The van der Waals surface area contributed by atoms with Gasteiger partial charge in [0.2, 0.25) is 0 Å². The number of benzene rings is 1. The fourth-order valence-corrected chi connectivity index (χ4v) is 8.79. The van der Waals surface area contributed by atoms with Crippen molar-refractivity contribution in [2.75, 3.05) is 7.11 Å². The molecule has 0 aromatic heterocycles. The molecule has 7 aliphatic rings. The van der Waals surface area contributed by atoms with Crippen molar-refractivity contribution in [2.24, 2.45) is 47.3 Å². The van der Waals surface area contributed by atoms with Gasteiger partial charge < -0.3 is 9.84 Å². The van der Waals surface area contributed by atoms with Crippen molar-refractivity contribution >= 4 is 0 Å². The standard InChI is InChI=1S/C19H21NO2/c1-22-11-5-3-2-4-8(11)7-20-18-14-9-6-10-13-12(9)15(18)17(13)19(20,21)16(10)14/h2-5,9-10,12-18,21H,6-7H2,1H3/t9-,10+,12-,13+,14+,15-,16-,17+,18-,19+/m0/s1. The van der Waals surface area contributed by atoms with Crippen molar-refractivity contribution in [1.82, 2.24) is 4.90 Å². The van der Waals surface area contributed by atoms with Crippen molar-refractivity contribution in [1.29, 1.82) is 0 Å². The van der Waals surface area contributed by atoms with Crippen LogP contribution in [0.15, 0.2) is 24.3 Å². The molecule has 0 spiro atoms. The van der Waals surface area contributed by atoms with Gasteiger partial charge in [0.05, 0.1) is 7.11 Å². The van der Waals surface area contributed by atoms with Crippen LogP contribution in [0.1, 0.15) is 12.0 Å².